The van der Waals surface area contributed by atoms with Crippen molar-refractivity contribution in [3.05, 3.63) is 30.3 Å². The molecule has 1 atom stereocenters. The van der Waals surface area contributed by atoms with Gasteiger partial charge in [-0.1, -0.05) is 32.0 Å². The van der Waals surface area contributed by atoms with Crippen LogP contribution >= 0.6 is 0 Å². The molecule has 4 nitrogen and oxygen atoms in total. The summed E-state index contributed by atoms with van der Waals surface area (Å²) in [6, 6.07) is 9.51. The molecule has 0 spiro atoms. The first-order chi connectivity index (χ1) is 10.1. The Bertz CT molecular complexity index is 479. The minimum absolute atomic E-state index is 0.00573. The van der Waals surface area contributed by atoms with E-state index in [1.807, 2.05) is 49.1 Å². The Hall–Kier alpha value is -1.84. The van der Waals surface area contributed by atoms with Crippen LogP contribution in [0.1, 0.15) is 33.1 Å². The zero-order chi connectivity index (χ0) is 15.2. The highest BCUT2D eigenvalue weighted by Gasteiger charge is 2.28. The van der Waals surface area contributed by atoms with Crippen LogP contribution in [0.15, 0.2) is 30.3 Å². The van der Waals surface area contributed by atoms with Gasteiger partial charge in [0, 0.05) is 30.6 Å². The molecule has 0 unspecified atom stereocenters. The van der Waals surface area contributed by atoms with Gasteiger partial charge in [0.2, 0.25) is 11.8 Å². The summed E-state index contributed by atoms with van der Waals surface area (Å²) in [7, 11) is 0. The summed E-state index contributed by atoms with van der Waals surface area (Å²) in [6.07, 6.45) is 2.37. The molecule has 0 aromatic heterocycles. The summed E-state index contributed by atoms with van der Waals surface area (Å²) < 4.78 is 0. The maximum atomic E-state index is 12.2. The number of rotatable bonds is 4. The Balaban J connectivity index is 1.83. The first-order valence-corrected chi connectivity index (χ1v) is 7.76. The lowest BCUT2D eigenvalue weighted by molar-refractivity contribution is -0.138. The number of hydrogen-bond donors (Lipinski definition) is 1. The fraction of sp³-hybridized carbons (Fsp3) is 0.529. The average Bonchev–Trinajstić information content (AvgIpc) is 2.54. The van der Waals surface area contributed by atoms with Crippen LogP contribution in [-0.2, 0) is 9.59 Å². The molecule has 0 saturated carbocycles. The fourth-order valence-corrected chi connectivity index (χ4v) is 2.61. The molecule has 0 radical (unpaired) electrons. The Morgan fingerprint density at radius 2 is 1.86 bits per heavy atom. The Morgan fingerprint density at radius 1 is 1.24 bits per heavy atom. The topological polar surface area (TPSA) is 49.4 Å². The fourth-order valence-electron chi connectivity index (χ4n) is 2.61. The van der Waals surface area contributed by atoms with Crippen LogP contribution in [0.3, 0.4) is 0 Å². The number of benzene rings is 1. The number of piperidine rings is 1. The second kappa shape index (κ2) is 7.25. The lowest BCUT2D eigenvalue weighted by Gasteiger charge is -2.32. The summed E-state index contributed by atoms with van der Waals surface area (Å²) in [4.78, 5) is 26.2. The average molecular weight is 288 g/mol. The predicted octanol–water partition coefficient (Wildman–Crippen LogP) is 2.91. The van der Waals surface area contributed by atoms with Gasteiger partial charge in [0.05, 0.1) is 0 Å². The summed E-state index contributed by atoms with van der Waals surface area (Å²) in [5.74, 6) is 0.377. The molecule has 2 amide bonds. The first kappa shape index (κ1) is 15.5. The van der Waals surface area contributed by atoms with Gasteiger partial charge < -0.3 is 10.2 Å². The number of carbonyl (C=O) groups excluding carboxylic acids is 2. The van der Waals surface area contributed by atoms with Crippen LogP contribution in [0.25, 0.3) is 0 Å². The third-order valence-electron chi connectivity index (χ3n) is 4.25. The number of para-hydroxylation sites is 1. The lowest BCUT2D eigenvalue weighted by Crippen LogP contribution is -2.43. The van der Waals surface area contributed by atoms with Crippen molar-refractivity contribution in [3.63, 3.8) is 0 Å². The van der Waals surface area contributed by atoms with E-state index in [0.29, 0.717) is 13.1 Å². The molecule has 0 bridgehead atoms. The van der Waals surface area contributed by atoms with E-state index in [0.717, 1.165) is 24.9 Å². The number of carbonyl (C=O) groups is 2. The zero-order valence-corrected chi connectivity index (χ0v) is 12.8. The Kier molecular flexibility index (Phi) is 5.37. The van der Waals surface area contributed by atoms with Crippen molar-refractivity contribution in [2.45, 2.75) is 33.1 Å². The SMILES string of the molecule is CC[C@H](C)C(=O)N1CCC(C(=O)Nc2ccccc2)CC1. The van der Waals surface area contributed by atoms with Gasteiger partial charge in [-0.25, -0.2) is 0 Å². The smallest absolute Gasteiger partial charge is 0.227 e. The second-order valence-electron chi connectivity index (χ2n) is 5.76. The minimum atomic E-state index is 0.00573. The van der Waals surface area contributed by atoms with E-state index in [-0.39, 0.29) is 23.7 Å². The van der Waals surface area contributed by atoms with E-state index >= 15 is 0 Å². The van der Waals surface area contributed by atoms with Crippen LogP contribution in [0, 0.1) is 11.8 Å². The van der Waals surface area contributed by atoms with Gasteiger partial charge in [0.25, 0.3) is 0 Å². The maximum absolute atomic E-state index is 12.2. The first-order valence-electron chi connectivity index (χ1n) is 7.76. The Labute approximate surface area is 126 Å². The van der Waals surface area contributed by atoms with Crippen molar-refractivity contribution < 1.29 is 9.59 Å². The molecule has 1 aliphatic heterocycles. The molecule has 1 aliphatic rings. The molecule has 2 rings (SSSR count). The third-order valence-corrected chi connectivity index (χ3v) is 4.25. The molecular weight excluding hydrogens is 264 g/mol. The number of amides is 2. The second-order valence-corrected chi connectivity index (χ2v) is 5.76. The standard InChI is InChI=1S/C17H24N2O2/c1-3-13(2)17(21)19-11-9-14(10-12-19)16(20)18-15-7-5-4-6-8-15/h4-8,13-14H,3,9-12H2,1-2H3,(H,18,20)/t13-/m0/s1. The highest BCUT2D eigenvalue weighted by atomic mass is 16.2. The Morgan fingerprint density at radius 3 is 2.43 bits per heavy atom. The number of nitrogens with zero attached hydrogens (tertiary/aromatic N) is 1. The monoisotopic (exact) mass is 288 g/mol. The van der Waals surface area contributed by atoms with E-state index in [9.17, 15) is 9.59 Å². The van der Waals surface area contributed by atoms with Crippen LogP contribution in [0.5, 0.6) is 0 Å². The van der Waals surface area contributed by atoms with E-state index in [4.69, 9.17) is 0 Å². The maximum Gasteiger partial charge on any atom is 0.227 e. The summed E-state index contributed by atoms with van der Waals surface area (Å²) >= 11 is 0. The van der Waals surface area contributed by atoms with Gasteiger partial charge in [-0.2, -0.15) is 0 Å². The minimum Gasteiger partial charge on any atom is -0.342 e. The van der Waals surface area contributed by atoms with Crippen molar-refractivity contribution in [3.8, 4) is 0 Å². The van der Waals surface area contributed by atoms with Gasteiger partial charge in [0.1, 0.15) is 0 Å². The molecule has 114 valence electrons. The highest BCUT2D eigenvalue weighted by Crippen LogP contribution is 2.21. The third kappa shape index (κ3) is 4.06. The molecule has 1 aromatic carbocycles. The van der Waals surface area contributed by atoms with E-state index in [1.54, 1.807) is 0 Å². The largest absolute Gasteiger partial charge is 0.342 e. The lowest BCUT2D eigenvalue weighted by atomic mass is 9.94. The molecular formula is C17H24N2O2. The molecule has 1 fully saturated rings. The van der Waals surface area contributed by atoms with Gasteiger partial charge in [-0.3, -0.25) is 9.59 Å². The van der Waals surface area contributed by atoms with E-state index < -0.39 is 0 Å². The van der Waals surface area contributed by atoms with E-state index in [1.165, 1.54) is 0 Å². The van der Waals surface area contributed by atoms with Gasteiger partial charge >= 0.3 is 0 Å². The summed E-state index contributed by atoms with van der Waals surface area (Å²) in [5.41, 5.74) is 0.834. The normalized spacial score (nSPS) is 17.3. The van der Waals surface area contributed by atoms with Crippen LogP contribution < -0.4 is 5.32 Å². The molecule has 21 heavy (non-hydrogen) atoms. The summed E-state index contributed by atoms with van der Waals surface area (Å²) in [5, 5.41) is 2.95. The predicted molar refractivity (Wildman–Crippen MR) is 83.8 cm³/mol. The van der Waals surface area contributed by atoms with Crippen molar-refractivity contribution in [1.29, 1.82) is 0 Å². The molecule has 1 aromatic rings. The zero-order valence-electron chi connectivity index (χ0n) is 12.8. The van der Waals surface area contributed by atoms with Crippen LogP contribution in [-0.4, -0.2) is 29.8 Å². The van der Waals surface area contributed by atoms with Crippen molar-refractivity contribution in [2.24, 2.45) is 11.8 Å². The molecule has 0 aliphatic carbocycles. The van der Waals surface area contributed by atoms with Crippen molar-refractivity contribution in [1.82, 2.24) is 4.90 Å². The molecule has 4 heteroatoms. The highest BCUT2D eigenvalue weighted by molar-refractivity contribution is 5.92. The van der Waals surface area contributed by atoms with Gasteiger partial charge in [-0.15, -0.1) is 0 Å². The number of anilines is 1. The van der Waals surface area contributed by atoms with Crippen molar-refractivity contribution >= 4 is 17.5 Å². The van der Waals surface area contributed by atoms with Gasteiger partial charge in [0.15, 0.2) is 0 Å². The van der Waals surface area contributed by atoms with Crippen molar-refractivity contribution in [2.75, 3.05) is 18.4 Å². The molecule has 1 heterocycles. The van der Waals surface area contributed by atoms with Gasteiger partial charge in [-0.05, 0) is 31.4 Å². The van der Waals surface area contributed by atoms with E-state index in [2.05, 4.69) is 5.32 Å². The molecule has 1 saturated heterocycles. The quantitative estimate of drug-likeness (QED) is 0.926. The summed E-state index contributed by atoms with van der Waals surface area (Å²) in [6.45, 7) is 5.38. The van der Waals surface area contributed by atoms with Crippen LogP contribution in [0.4, 0.5) is 5.69 Å². The molecule has 1 N–H and O–H groups in total. The number of hydrogen-bond acceptors (Lipinski definition) is 2. The number of nitrogens with one attached hydrogen (secondary N) is 1. The number of likely N-dealkylation sites (tertiary alicyclic amines) is 1. The van der Waals surface area contributed by atoms with Crippen LogP contribution in [0.2, 0.25) is 0 Å².